The zero-order valence-electron chi connectivity index (χ0n) is 20.7. The van der Waals surface area contributed by atoms with Crippen LogP contribution in [0.2, 0.25) is 0 Å². The second-order valence-electron chi connectivity index (χ2n) is 10.8. The van der Waals surface area contributed by atoms with Gasteiger partial charge in [-0.15, -0.1) is 0 Å². The molecule has 3 amide bonds. The van der Waals surface area contributed by atoms with E-state index in [1.165, 1.54) is 4.90 Å². The number of hydrogen-bond acceptors (Lipinski definition) is 5. The first-order chi connectivity index (χ1) is 15.4. The summed E-state index contributed by atoms with van der Waals surface area (Å²) in [5, 5.41) is 15.0. The molecular weight excluding hydrogens is 426 g/mol. The van der Waals surface area contributed by atoms with Gasteiger partial charge < -0.3 is 25.4 Å². The molecule has 1 aliphatic carbocycles. The van der Waals surface area contributed by atoms with Crippen LogP contribution < -0.4 is 10.6 Å². The summed E-state index contributed by atoms with van der Waals surface area (Å²) in [6.45, 7) is 10.3. The Morgan fingerprint density at radius 2 is 1.70 bits per heavy atom. The average molecular weight is 468 g/mol. The van der Waals surface area contributed by atoms with Gasteiger partial charge in [0.1, 0.15) is 17.7 Å². The van der Waals surface area contributed by atoms with E-state index in [0.717, 1.165) is 19.3 Å². The minimum atomic E-state index is -0.923. The van der Waals surface area contributed by atoms with Crippen LogP contribution in [-0.4, -0.2) is 64.7 Å². The lowest BCUT2D eigenvalue weighted by atomic mass is 9.81. The molecule has 9 heteroatoms. The summed E-state index contributed by atoms with van der Waals surface area (Å²) < 4.78 is 5.29. The van der Waals surface area contributed by atoms with Crippen molar-refractivity contribution in [3.63, 3.8) is 0 Å². The molecular formula is C24H41N3O6. The van der Waals surface area contributed by atoms with Gasteiger partial charge in [-0.3, -0.25) is 9.59 Å². The number of hydrogen-bond donors (Lipinski definition) is 3. The summed E-state index contributed by atoms with van der Waals surface area (Å²) in [5.41, 5.74) is -0.640. The highest BCUT2D eigenvalue weighted by molar-refractivity contribution is 5.86. The number of aliphatic carboxylic acids is 1. The largest absolute Gasteiger partial charge is 0.480 e. The standard InChI is InChI=1S/C24H41N3O6/c1-15(2)13-18(26-23(32)33-24(3,4)5)20(28)25-14-16-8-10-17(11-9-16)21(29)27-12-6-7-19(27)22(30)31/h15-19H,6-14H2,1-5H3,(H,25,28)(H,26,32)(H,30,31)/t16?,17?,18-,19+/m1/s1. The first kappa shape index (κ1) is 26.9. The topological polar surface area (TPSA) is 125 Å². The zero-order valence-corrected chi connectivity index (χ0v) is 20.7. The van der Waals surface area contributed by atoms with E-state index < -0.39 is 29.7 Å². The van der Waals surface area contributed by atoms with E-state index in [1.807, 2.05) is 13.8 Å². The third-order valence-corrected chi connectivity index (χ3v) is 6.30. The quantitative estimate of drug-likeness (QED) is 0.504. The lowest BCUT2D eigenvalue weighted by Gasteiger charge is -2.32. The van der Waals surface area contributed by atoms with E-state index in [1.54, 1.807) is 20.8 Å². The van der Waals surface area contributed by atoms with Crippen LogP contribution in [0.4, 0.5) is 4.79 Å². The van der Waals surface area contributed by atoms with Crippen LogP contribution in [0.3, 0.4) is 0 Å². The molecule has 1 saturated carbocycles. The fourth-order valence-electron chi connectivity index (χ4n) is 4.66. The third-order valence-electron chi connectivity index (χ3n) is 6.30. The van der Waals surface area contributed by atoms with Crippen molar-refractivity contribution < 1.29 is 29.0 Å². The van der Waals surface area contributed by atoms with Gasteiger partial charge in [-0.2, -0.15) is 0 Å². The van der Waals surface area contributed by atoms with Crippen molar-refractivity contribution in [2.75, 3.05) is 13.1 Å². The molecule has 2 rings (SSSR count). The van der Waals surface area contributed by atoms with Crippen LogP contribution in [0.25, 0.3) is 0 Å². The summed E-state index contributed by atoms with van der Waals surface area (Å²) in [6, 6.07) is -1.36. The number of rotatable bonds is 8. The molecule has 9 nitrogen and oxygen atoms in total. The Bertz CT molecular complexity index is 709. The van der Waals surface area contributed by atoms with Crippen molar-refractivity contribution in [2.45, 2.75) is 97.2 Å². The molecule has 0 radical (unpaired) electrons. The predicted molar refractivity (Wildman–Crippen MR) is 123 cm³/mol. The Hall–Kier alpha value is -2.32. The Morgan fingerprint density at radius 1 is 1.06 bits per heavy atom. The molecule has 1 heterocycles. The smallest absolute Gasteiger partial charge is 0.408 e. The monoisotopic (exact) mass is 467 g/mol. The highest BCUT2D eigenvalue weighted by atomic mass is 16.6. The summed E-state index contributed by atoms with van der Waals surface area (Å²) >= 11 is 0. The van der Waals surface area contributed by atoms with E-state index in [-0.39, 0.29) is 29.6 Å². The van der Waals surface area contributed by atoms with Crippen molar-refractivity contribution in [2.24, 2.45) is 17.8 Å². The number of amides is 3. The average Bonchev–Trinajstić information content (AvgIpc) is 3.20. The maximum atomic E-state index is 12.8. The fraction of sp³-hybridized carbons (Fsp3) is 0.833. The van der Waals surface area contributed by atoms with Crippen molar-refractivity contribution in [1.82, 2.24) is 15.5 Å². The second kappa shape index (κ2) is 11.7. The molecule has 2 aliphatic rings. The second-order valence-corrected chi connectivity index (χ2v) is 10.8. The number of carbonyl (C=O) groups is 4. The van der Waals surface area contributed by atoms with E-state index in [2.05, 4.69) is 10.6 Å². The van der Waals surface area contributed by atoms with Gasteiger partial charge >= 0.3 is 12.1 Å². The number of nitrogens with zero attached hydrogens (tertiary/aromatic N) is 1. The third kappa shape index (κ3) is 8.51. The Balaban J connectivity index is 1.81. The Morgan fingerprint density at radius 3 is 2.24 bits per heavy atom. The van der Waals surface area contributed by atoms with Crippen molar-refractivity contribution in [3.05, 3.63) is 0 Å². The number of nitrogens with one attached hydrogen (secondary N) is 2. The van der Waals surface area contributed by atoms with Gasteiger partial charge in [-0.1, -0.05) is 13.8 Å². The number of likely N-dealkylation sites (tertiary alicyclic amines) is 1. The minimum Gasteiger partial charge on any atom is -0.480 e. The zero-order chi connectivity index (χ0) is 24.8. The SMILES string of the molecule is CC(C)C[C@@H](NC(=O)OC(C)(C)C)C(=O)NCC1CCC(C(=O)N2CCC[C@H]2C(=O)O)CC1. The molecule has 0 spiro atoms. The molecule has 1 aliphatic heterocycles. The van der Waals surface area contributed by atoms with E-state index in [9.17, 15) is 24.3 Å². The van der Waals surface area contributed by atoms with Gasteiger partial charge in [0, 0.05) is 19.0 Å². The molecule has 0 aromatic carbocycles. The normalized spacial score (nSPS) is 24.3. The van der Waals surface area contributed by atoms with Gasteiger partial charge in [0.25, 0.3) is 0 Å². The van der Waals surface area contributed by atoms with E-state index in [0.29, 0.717) is 38.8 Å². The molecule has 3 N–H and O–H groups in total. The molecule has 1 saturated heterocycles. The van der Waals surface area contributed by atoms with Crippen LogP contribution in [0, 0.1) is 17.8 Å². The number of alkyl carbamates (subject to hydrolysis) is 1. The van der Waals surface area contributed by atoms with Gasteiger partial charge in [-0.25, -0.2) is 9.59 Å². The molecule has 2 atom stereocenters. The van der Waals surface area contributed by atoms with Crippen molar-refractivity contribution >= 4 is 23.9 Å². The number of carbonyl (C=O) groups excluding carboxylic acids is 3. The van der Waals surface area contributed by atoms with Crippen LogP contribution in [0.15, 0.2) is 0 Å². The van der Waals surface area contributed by atoms with Gasteiger partial charge in [0.05, 0.1) is 0 Å². The number of ether oxygens (including phenoxy) is 1. The van der Waals surface area contributed by atoms with Crippen LogP contribution in [0.1, 0.15) is 79.6 Å². The minimum absolute atomic E-state index is 0.0408. The van der Waals surface area contributed by atoms with E-state index >= 15 is 0 Å². The Kier molecular flexibility index (Phi) is 9.55. The van der Waals surface area contributed by atoms with E-state index in [4.69, 9.17) is 4.74 Å². The Labute approximate surface area is 197 Å². The molecule has 0 unspecified atom stereocenters. The molecule has 33 heavy (non-hydrogen) atoms. The highest BCUT2D eigenvalue weighted by Gasteiger charge is 2.38. The van der Waals surface area contributed by atoms with Gasteiger partial charge in [0.15, 0.2) is 0 Å². The fourth-order valence-corrected chi connectivity index (χ4v) is 4.66. The molecule has 0 aromatic heterocycles. The van der Waals surface area contributed by atoms with Crippen LogP contribution >= 0.6 is 0 Å². The first-order valence-corrected chi connectivity index (χ1v) is 12.2. The van der Waals surface area contributed by atoms with Crippen molar-refractivity contribution in [3.8, 4) is 0 Å². The lowest BCUT2D eigenvalue weighted by molar-refractivity contribution is -0.150. The summed E-state index contributed by atoms with van der Waals surface area (Å²) in [5.74, 6) is -0.854. The first-order valence-electron chi connectivity index (χ1n) is 12.2. The van der Waals surface area contributed by atoms with Gasteiger partial charge in [-0.05, 0) is 77.6 Å². The number of carboxylic acid groups (broad SMARTS) is 1. The summed E-state index contributed by atoms with van der Waals surface area (Å²) in [7, 11) is 0. The maximum Gasteiger partial charge on any atom is 0.408 e. The predicted octanol–water partition coefficient (Wildman–Crippen LogP) is 2.92. The van der Waals surface area contributed by atoms with Gasteiger partial charge in [0.2, 0.25) is 11.8 Å². The number of carboxylic acids is 1. The van der Waals surface area contributed by atoms with Crippen molar-refractivity contribution in [1.29, 1.82) is 0 Å². The molecule has 0 aromatic rings. The molecule has 2 fully saturated rings. The molecule has 0 bridgehead atoms. The van der Waals surface area contributed by atoms with Crippen LogP contribution in [-0.2, 0) is 19.1 Å². The lowest BCUT2D eigenvalue weighted by Crippen LogP contribution is -2.49. The summed E-state index contributed by atoms with van der Waals surface area (Å²) in [6.07, 6.45) is 4.17. The van der Waals surface area contributed by atoms with Crippen LogP contribution in [0.5, 0.6) is 0 Å². The highest BCUT2D eigenvalue weighted by Crippen LogP contribution is 2.32. The summed E-state index contributed by atoms with van der Waals surface area (Å²) in [4.78, 5) is 50.7. The molecule has 188 valence electrons. The maximum absolute atomic E-state index is 12.8.